The zero-order valence-electron chi connectivity index (χ0n) is 9.79. The van der Waals surface area contributed by atoms with Crippen molar-refractivity contribution >= 4 is 5.91 Å². The average molecular weight is 218 g/mol. The predicted octanol–water partition coefficient (Wildman–Crippen LogP) is -0.109. The summed E-state index contributed by atoms with van der Waals surface area (Å²) >= 11 is 0. The highest BCUT2D eigenvalue weighted by Gasteiger charge is 2.14. The van der Waals surface area contributed by atoms with Crippen LogP contribution in [0.3, 0.4) is 0 Å². The Kier molecular flexibility index (Phi) is 8.27. The van der Waals surface area contributed by atoms with E-state index in [1.54, 1.807) is 14.2 Å². The molecule has 0 aromatic heterocycles. The van der Waals surface area contributed by atoms with Gasteiger partial charge in [-0.3, -0.25) is 4.79 Å². The van der Waals surface area contributed by atoms with Crippen molar-refractivity contribution in [2.75, 3.05) is 27.4 Å². The maximum atomic E-state index is 11.4. The van der Waals surface area contributed by atoms with Crippen LogP contribution >= 0.6 is 0 Å². The summed E-state index contributed by atoms with van der Waals surface area (Å²) in [6.07, 6.45) is 1.49. The van der Waals surface area contributed by atoms with E-state index in [4.69, 9.17) is 15.2 Å². The Morgan fingerprint density at radius 2 is 2.13 bits per heavy atom. The molecule has 0 rings (SSSR count). The molecule has 3 N–H and O–H groups in total. The first-order valence-electron chi connectivity index (χ1n) is 5.20. The van der Waals surface area contributed by atoms with Gasteiger partial charge < -0.3 is 20.5 Å². The lowest BCUT2D eigenvalue weighted by atomic mass is 10.1. The van der Waals surface area contributed by atoms with Crippen molar-refractivity contribution in [3.8, 4) is 0 Å². The van der Waals surface area contributed by atoms with Crippen LogP contribution in [0.25, 0.3) is 0 Å². The lowest BCUT2D eigenvalue weighted by molar-refractivity contribution is -0.123. The minimum Gasteiger partial charge on any atom is -0.382 e. The third kappa shape index (κ3) is 6.43. The molecule has 2 atom stereocenters. The van der Waals surface area contributed by atoms with Gasteiger partial charge >= 0.3 is 0 Å². The molecular formula is C10H22N2O3. The van der Waals surface area contributed by atoms with E-state index < -0.39 is 6.04 Å². The second-order valence-corrected chi connectivity index (χ2v) is 3.45. The van der Waals surface area contributed by atoms with E-state index in [2.05, 4.69) is 5.32 Å². The van der Waals surface area contributed by atoms with Gasteiger partial charge in [0.25, 0.3) is 0 Å². The smallest absolute Gasteiger partial charge is 0.237 e. The lowest BCUT2D eigenvalue weighted by Gasteiger charge is -2.17. The maximum absolute atomic E-state index is 11.4. The highest BCUT2D eigenvalue weighted by Crippen LogP contribution is 1.94. The third-order valence-electron chi connectivity index (χ3n) is 2.13. The first-order valence-corrected chi connectivity index (χ1v) is 5.20. The molecule has 0 saturated heterocycles. The van der Waals surface area contributed by atoms with Gasteiger partial charge in [0.05, 0.1) is 18.8 Å². The topological polar surface area (TPSA) is 73.6 Å². The predicted molar refractivity (Wildman–Crippen MR) is 58.6 cm³/mol. The van der Waals surface area contributed by atoms with Crippen LogP contribution in [-0.2, 0) is 14.3 Å². The molecule has 0 fully saturated rings. The van der Waals surface area contributed by atoms with Crippen LogP contribution < -0.4 is 11.1 Å². The molecule has 1 amide bonds. The minimum absolute atomic E-state index is 0.118. The number of hydrogen-bond acceptors (Lipinski definition) is 4. The van der Waals surface area contributed by atoms with E-state index in [9.17, 15) is 4.79 Å². The van der Waals surface area contributed by atoms with Crippen LogP contribution in [0, 0.1) is 0 Å². The summed E-state index contributed by atoms with van der Waals surface area (Å²) in [5, 5.41) is 2.73. The van der Waals surface area contributed by atoms with Gasteiger partial charge in [0.15, 0.2) is 0 Å². The number of methoxy groups -OCH3 is 2. The van der Waals surface area contributed by atoms with E-state index in [0.29, 0.717) is 19.6 Å². The van der Waals surface area contributed by atoms with Gasteiger partial charge in [-0.1, -0.05) is 13.3 Å². The second kappa shape index (κ2) is 8.64. The molecule has 0 saturated carbocycles. The lowest BCUT2D eigenvalue weighted by Crippen LogP contribution is -2.44. The number of nitrogens with one attached hydrogen (secondary N) is 1. The SMILES string of the molecule is CCC[C@@H](N)C(=O)NCC(COC)OC. The standard InChI is InChI=1S/C10H22N2O3/c1-4-5-9(11)10(13)12-6-8(15-3)7-14-2/h8-9H,4-7,11H2,1-3H3,(H,12,13)/t8?,9-/m1/s1. The normalized spacial score (nSPS) is 14.7. The molecule has 0 spiro atoms. The largest absolute Gasteiger partial charge is 0.382 e. The van der Waals surface area contributed by atoms with Gasteiger partial charge in [-0.25, -0.2) is 0 Å². The van der Waals surface area contributed by atoms with Crippen molar-refractivity contribution in [3.63, 3.8) is 0 Å². The van der Waals surface area contributed by atoms with Gasteiger partial charge in [-0.05, 0) is 6.42 Å². The average Bonchev–Trinajstić information content (AvgIpc) is 2.24. The van der Waals surface area contributed by atoms with Crippen LogP contribution in [0.2, 0.25) is 0 Å². The summed E-state index contributed by atoms with van der Waals surface area (Å²) in [7, 11) is 3.18. The number of rotatable bonds is 8. The molecule has 1 unspecified atom stereocenters. The Labute approximate surface area is 91.3 Å². The van der Waals surface area contributed by atoms with Crippen molar-refractivity contribution in [2.24, 2.45) is 5.73 Å². The Balaban J connectivity index is 3.76. The molecule has 15 heavy (non-hydrogen) atoms. The molecule has 0 heterocycles. The molecule has 0 aromatic rings. The van der Waals surface area contributed by atoms with Crippen molar-refractivity contribution < 1.29 is 14.3 Å². The van der Waals surface area contributed by atoms with Crippen LogP contribution in [0.4, 0.5) is 0 Å². The van der Waals surface area contributed by atoms with Gasteiger partial charge in [-0.15, -0.1) is 0 Å². The quantitative estimate of drug-likeness (QED) is 0.596. The minimum atomic E-state index is -0.421. The Morgan fingerprint density at radius 1 is 1.47 bits per heavy atom. The summed E-state index contributed by atoms with van der Waals surface area (Å²) in [4.78, 5) is 11.4. The van der Waals surface area contributed by atoms with Crippen LogP contribution in [0.5, 0.6) is 0 Å². The molecule has 5 heteroatoms. The molecular weight excluding hydrogens is 196 g/mol. The van der Waals surface area contributed by atoms with Crippen LogP contribution in [0.1, 0.15) is 19.8 Å². The Bertz CT molecular complexity index is 176. The van der Waals surface area contributed by atoms with E-state index >= 15 is 0 Å². The summed E-state index contributed by atoms with van der Waals surface area (Å²) in [5.41, 5.74) is 5.65. The molecule has 5 nitrogen and oxygen atoms in total. The Morgan fingerprint density at radius 3 is 2.60 bits per heavy atom. The van der Waals surface area contributed by atoms with E-state index in [-0.39, 0.29) is 12.0 Å². The molecule has 90 valence electrons. The summed E-state index contributed by atoms with van der Waals surface area (Å²) < 4.78 is 10.0. The molecule has 0 bridgehead atoms. The first-order chi connectivity index (χ1) is 7.15. The number of carbonyl (C=O) groups is 1. The van der Waals surface area contributed by atoms with Crippen LogP contribution in [-0.4, -0.2) is 45.4 Å². The van der Waals surface area contributed by atoms with Gasteiger partial charge in [0.2, 0.25) is 5.91 Å². The van der Waals surface area contributed by atoms with Crippen molar-refractivity contribution in [3.05, 3.63) is 0 Å². The molecule has 0 radical (unpaired) electrons. The number of ether oxygens (including phenoxy) is 2. The summed E-state index contributed by atoms with van der Waals surface area (Å²) in [5.74, 6) is -0.130. The van der Waals surface area contributed by atoms with Crippen molar-refractivity contribution in [1.82, 2.24) is 5.32 Å². The number of carbonyl (C=O) groups excluding carboxylic acids is 1. The van der Waals surface area contributed by atoms with Crippen LogP contribution in [0.15, 0.2) is 0 Å². The number of nitrogens with two attached hydrogens (primary N) is 1. The fourth-order valence-corrected chi connectivity index (χ4v) is 1.18. The zero-order valence-corrected chi connectivity index (χ0v) is 9.79. The van der Waals surface area contributed by atoms with E-state index in [0.717, 1.165) is 6.42 Å². The molecule has 0 aliphatic rings. The number of amides is 1. The maximum Gasteiger partial charge on any atom is 0.237 e. The molecule has 0 aliphatic carbocycles. The Hall–Kier alpha value is -0.650. The number of hydrogen-bond donors (Lipinski definition) is 2. The third-order valence-corrected chi connectivity index (χ3v) is 2.13. The monoisotopic (exact) mass is 218 g/mol. The van der Waals surface area contributed by atoms with Crippen molar-refractivity contribution in [2.45, 2.75) is 31.9 Å². The highest BCUT2D eigenvalue weighted by molar-refractivity contribution is 5.81. The highest BCUT2D eigenvalue weighted by atomic mass is 16.5. The zero-order chi connectivity index (χ0) is 11.7. The van der Waals surface area contributed by atoms with Crippen molar-refractivity contribution in [1.29, 1.82) is 0 Å². The summed E-state index contributed by atoms with van der Waals surface area (Å²) in [6.45, 7) is 2.89. The second-order valence-electron chi connectivity index (χ2n) is 3.45. The first kappa shape index (κ1) is 14.3. The molecule has 0 aromatic carbocycles. The van der Waals surface area contributed by atoms with E-state index in [1.165, 1.54) is 0 Å². The fraction of sp³-hybridized carbons (Fsp3) is 0.900. The van der Waals surface area contributed by atoms with E-state index in [1.807, 2.05) is 6.92 Å². The van der Waals surface area contributed by atoms with Gasteiger partial charge in [0.1, 0.15) is 0 Å². The molecule has 0 aliphatic heterocycles. The fourth-order valence-electron chi connectivity index (χ4n) is 1.18. The van der Waals surface area contributed by atoms with Gasteiger partial charge in [0, 0.05) is 20.8 Å². The van der Waals surface area contributed by atoms with Gasteiger partial charge in [-0.2, -0.15) is 0 Å². The summed E-state index contributed by atoms with van der Waals surface area (Å²) in [6, 6.07) is -0.421.